The Balaban J connectivity index is 2.29. The molecule has 1 unspecified atom stereocenters. The average Bonchev–Trinajstić information content (AvgIpc) is 2.30. The van der Waals surface area contributed by atoms with Crippen LogP contribution >= 0.6 is 0 Å². The zero-order chi connectivity index (χ0) is 10.7. The predicted octanol–water partition coefficient (Wildman–Crippen LogP) is 2.60. The van der Waals surface area contributed by atoms with Crippen molar-refractivity contribution < 1.29 is 4.74 Å². The van der Waals surface area contributed by atoms with Crippen LogP contribution in [-0.4, -0.2) is 24.6 Å². The quantitative estimate of drug-likeness (QED) is 0.752. The van der Waals surface area contributed by atoms with E-state index in [1.54, 1.807) is 0 Å². The normalized spacial score (nSPS) is 21.3. The van der Waals surface area contributed by atoms with E-state index >= 15 is 0 Å². The summed E-state index contributed by atoms with van der Waals surface area (Å²) < 4.78 is 5.84. The number of hydrogen-bond donors (Lipinski definition) is 0. The van der Waals surface area contributed by atoms with Gasteiger partial charge in [-0.2, -0.15) is 0 Å². The van der Waals surface area contributed by atoms with Crippen molar-refractivity contribution in [1.29, 1.82) is 0 Å². The van der Waals surface area contributed by atoms with Gasteiger partial charge in [0.05, 0.1) is 0 Å². The summed E-state index contributed by atoms with van der Waals surface area (Å²) in [5.74, 6) is 0. The van der Waals surface area contributed by atoms with Crippen molar-refractivity contribution in [3.8, 4) is 0 Å². The number of rotatable bonds is 3. The van der Waals surface area contributed by atoms with E-state index in [2.05, 4.69) is 43.0 Å². The largest absolute Gasteiger partial charge is 0.359 e. The van der Waals surface area contributed by atoms with Gasteiger partial charge in [-0.25, -0.2) is 0 Å². The molecule has 0 radical (unpaired) electrons. The van der Waals surface area contributed by atoms with Crippen LogP contribution in [0.15, 0.2) is 24.3 Å². The minimum atomic E-state index is 0.171. The van der Waals surface area contributed by atoms with Crippen molar-refractivity contribution in [1.82, 2.24) is 4.90 Å². The number of ether oxygens (including phenoxy) is 1. The highest BCUT2D eigenvalue weighted by molar-refractivity contribution is 5.31. The van der Waals surface area contributed by atoms with Crippen LogP contribution in [-0.2, 0) is 11.2 Å². The van der Waals surface area contributed by atoms with Crippen LogP contribution in [0.5, 0.6) is 0 Å². The van der Waals surface area contributed by atoms with Gasteiger partial charge in [0.25, 0.3) is 0 Å². The molecule has 15 heavy (non-hydrogen) atoms. The molecule has 0 spiro atoms. The van der Waals surface area contributed by atoms with Gasteiger partial charge in [-0.15, -0.1) is 0 Å². The van der Waals surface area contributed by atoms with Crippen molar-refractivity contribution in [3.63, 3.8) is 0 Å². The molecule has 1 heterocycles. The first-order valence-electron chi connectivity index (χ1n) is 5.80. The first-order chi connectivity index (χ1) is 7.36. The molecule has 1 aromatic carbocycles. The third-order valence-corrected chi connectivity index (χ3v) is 3.05. The van der Waals surface area contributed by atoms with E-state index in [-0.39, 0.29) is 6.23 Å². The van der Waals surface area contributed by atoms with Gasteiger partial charge in [0, 0.05) is 13.2 Å². The van der Waals surface area contributed by atoms with Crippen LogP contribution in [0.25, 0.3) is 0 Å². The van der Waals surface area contributed by atoms with Crippen molar-refractivity contribution in [2.75, 3.05) is 19.7 Å². The summed E-state index contributed by atoms with van der Waals surface area (Å²) >= 11 is 0. The Morgan fingerprint density at radius 3 is 2.87 bits per heavy atom. The van der Waals surface area contributed by atoms with Crippen LogP contribution < -0.4 is 0 Å². The molecule has 2 nitrogen and oxygen atoms in total. The first-order valence-corrected chi connectivity index (χ1v) is 5.80. The lowest BCUT2D eigenvalue weighted by Crippen LogP contribution is -2.36. The molecule has 0 aliphatic carbocycles. The SMILES string of the molecule is CCOC1c2ccccc2CCN1CC. The molecular weight excluding hydrogens is 186 g/mol. The maximum absolute atomic E-state index is 5.84. The minimum Gasteiger partial charge on any atom is -0.359 e. The van der Waals surface area contributed by atoms with E-state index in [0.717, 1.165) is 26.1 Å². The number of fused-ring (bicyclic) bond motifs is 1. The van der Waals surface area contributed by atoms with E-state index in [1.807, 2.05) is 0 Å². The summed E-state index contributed by atoms with van der Waals surface area (Å²) in [5.41, 5.74) is 2.80. The van der Waals surface area contributed by atoms with E-state index in [4.69, 9.17) is 4.74 Å². The van der Waals surface area contributed by atoms with Crippen molar-refractivity contribution in [2.24, 2.45) is 0 Å². The molecule has 2 rings (SSSR count). The molecule has 1 aromatic rings. The third kappa shape index (κ3) is 2.06. The lowest BCUT2D eigenvalue weighted by Gasteiger charge is -2.36. The zero-order valence-electron chi connectivity index (χ0n) is 9.57. The van der Waals surface area contributed by atoms with Crippen molar-refractivity contribution in [3.05, 3.63) is 35.4 Å². The fourth-order valence-corrected chi connectivity index (χ4v) is 2.26. The highest BCUT2D eigenvalue weighted by atomic mass is 16.5. The lowest BCUT2D eigenvalue weighted by atomic mass is 9.98. The Bertz CT molecular complexity index is 324. The highest BCUT2D eigenvalue weighted by Crippen LogP contribution is 2.29. The van der Waals surface area contributed by atoms with Gasteiger partial charge in [-0.05, 0) is 31.0 Å². The number of nitrogens with zero attached hydrogens (tertiary/aromatic N) is 1. The van der Waals surface area contributed by atoms with Crippen molar-refractivity contribution in [2.45, 2.75) is 26.5 Å². The van der Waals surface area contributed by atoms with Gasteiger partial charge in [0.2, 0.25) is 0 Å². The maximum atomic E-state index is 5.84. The second-order valence-electron chi connectivity index (χ2n) is 3.89. The maximum Gasteiger partial charge on any atom is 0.137 e. The summed E-state index contributed by atoms with van der Waals surface area (Å²) in [6.45, 7) is 7.19. The second-order valence-corrected chi connectivity index (χ2v) is 3.89. The molecule has 1 aliphatic rings. The Labute approximate surface area is 91.9 Å². The molecule has 1 aliphatic heterocycles. The van der Waals surface area contributed by atoms with Crippen LogP contribution in [0.4, 0.5) is 0 Å². The Kier molecular flexibility index (Phi) is 3.39. The molecule has 0 fully saturated rings. The molecule has 2 heteroatoms. The summed E-state index contributed by atoms with van der Waals surface area (Å²) in [6.07, 6.45) is 1.32. The number of hydrogen-bond acceptors (Lipinski definition) is 2. The molecule has 0 saturated heterocycles. The smallest absolute Gasteiger partial charge is 0.137 e. The summed E-state index contributed by atoms with van der Waals surface area (Å²) in [7, 11) is 0. The summed E-state index contributed by atoms with van der Waals surface area (Å²) in [4.78, 5) is 2.39. The predicted molar refractivity (Wildman–Crippen MR) is 61.8 cm³/mol. The number of benzene rings is 1. The molecule has 82 valence electrons. The zero-order valence-corrected chi connectivity index (χ0v) is 9.57. The van der Waals surface area contributed by atoms with Crippen LogP contribution in [0.3, 0.4) is 0 Å². The van der Waals surface area contributed by atoms with E-state index < -0.39 is 0 Å². The monoisotopic (exact) mass is 205 g/mol. The molecule has 0 bridgehead atoms. The minimum absolute atomic E-state index is 0.171. The van der Waals surface area contributed by atoms with Crippen LogP contribution in [0.2, 0.25) is 0 Å². The average molecular weight is 205 g/mol. The fraction of sp³-hybridized carbons (Fsp3) is 0.538. The first kappa shape index (κ1) is 10.7. The fourth-order valence-electron chi connectivity index (χ4n) is 2.26. The molecule has 0 saturated carbocycles. The Morgan fingerprint density at radius 1 is 1.33 bits per heavy atom. The summed E-state index contributed by atoms with van der Waals surface area (Å²) in [5, 5.41) is 0. The van der Waals surface area contributed by atoms with Crippen molar-refractivity contribution >= 4 is 0 Å². The topological polar surface area (TPSA) is 12.5 Å². The van der Waals surface area contributed by atoms with Gasteiger partial charge in [0.15, 0.2) is 0 Å². The lowest BCUT2D eigenvalue weighted by molar-refractivity contribution is -0.0613. The number of likely N-dealkylation sites (N-methyl/N-ethyl adjacent to an activating group) is 1. The third-order valence-electron chi connectivity index (χ3n) is 3.05. The van der Waals surface area contributed by atoms with E-state index in [0.29, 0.717) is 0 Å². The molecule has 0 amide bonds. The highest BCUT2D eigenvalue weighted by Gasteiger charge is 2.25. The van der Waals surface area contributed by atoms with Gasteiger partial charge in [-0.3, -0.25) is 4.90 Å². The van der Waals surface area contributed by atoms with Crippen LogP contribution in [0, 0.1) is 0 Å². The molecule has 0 aromatic heterocycles. The second kappa shape index (κ2) is 4.77. The van der Waals surface area contributed by atoms with Gasteiger partial charge < -0.3 is 4.74 Å². The molecule has 0 N–H and O–H groups in total. The Hall–Kier alpha value is -0.860. The van der Waals surface area contributed by atoms with Crippen LogP contribution in [0.1, 0.15) is 31.2 Å². The molecular formula is C13H19NO. The van der Waals surface area contributed by atoms with Gasteiger partial charge >= 0.3 is 0 Å². The molecule has 1 atom stereocenters. The van der Waals surface area contributed by atoms with E-state index in [1.165, 1.54) is 11.1 Å². The summed E-state index contributed by atoms with van der Waals surface area (Å²) in [6, 6.07) is 8.62. The van der Waals surface area contributed by atoms with Gasteiger partial charge in [-0.1, -0.05) is 31.2 Å². The van der Waals surface area contributed by atoms with Gasteiger partial charge in [0.1, 0.15) is 6.23 Å². The Morgan fingerprint density at radius 2 is 2.13 bits per heavy atom. The van der Waals surface area contributed by atoms with E-state index in [9.17, 15) is 0 Å². The standard InChI is InChI=1S/C13H19NO/c1-3-14-10-9-11-7-5-6-8-12(11)13(14)15-4-2/h5-8,13H,3-4,9-10H2,1-2H3.